The first-order valence-corrected chi connectivity index (χ1v) is 6.57. The minimum absolute atomic E-state index is 0.0477. The van der Waals surface area contributed by atoms with E-state index in [-0.39, 0.29) is 6.42 Å². The Bertz CT molecular complexity index is 586. The second kappa shape index (κ2) is 6.11. The zero-order valence-electron chi connectivity index (χ0n) is 11.6. The van der Waals surface area contributed by atoms with Crippen molar-refractivity contribution in [3.63, 3.8) is 0 Å². The van der Waals surface area contributed by atoms with Crippen molar-refractivity contribution in [1.82, 2.24) is 20.2 Å². The third kappa shape index (κ3) is 3.93. The fourth-order valence-corrected chi connectivity index (χ4v) is 2.12. The van der Waals surface area contributed by atoms with Crippen LogP contribution < -0.4 is 5.73 Å². The Kier molecular flexibility index (Phi) is 4.44. The van der Waals surface area contributed by atoms with Crippen LogP contribution in [-0.4, -0.2) is 26.4 Å². The molecule has 2 N–H and O–H groups in total. The van der Waals surface area contributed by atoms with Gasteiger partial charge >= 0.3 is 6.18 Å². The maximum atomic E-state index is 12.1. The van der Waals surface area contributed by atoms with Crippen LogP contribution >= 0.6 is 0 Å². The number of tetrazole rings is 1. The maximum absolute atomic E-state index is 12.1. The van der Waals surface area contributed by atoms with Crippen molar-refractivity contribution >= 4 is 5.69 Å². The first-order chi connectivity index (χ1) is 9.88. The number of anilines is 1. The Morgan fingerprint density at radius 1 is 1.24 bits per heavy atom. The van der Waals surface area contributed by atoms with Crippen LogP contribution in [0.15, 0.2) is 18.2 Å². The van der Waals surface area contributed by atoms with E-state index in [9.17, 15) is 13.2 Å². The van der Waals surface area contributed by atoms with Crippen molar-refractivity contribution in [2.45, 2.75) is 38.9 Å². The van der Waals surface area contributed by atoms with Crippen molar-refractivity contribution in [1.29, 1.82) is 0 Å². The molecule has 5 nitrogen and oxygen atoms in total. The van der Waals surface area contributed by atoms with Gasteiger partial charge in [-0.05, 0) is 41.8 Å². The van der Waals surface area contributed by atoms with Crippen molar-refractivity contribution in [2.75, 3.05) is 5.73 Å². The smallest absolute Gasteiger partial charge is 0.389 e. The van der Waals surface area contributed by atoms with Crippen LogP contribution in [0, 0.1) is 6.92 Å². The largest absolute Gasteiger partial charge is 0.398 e. The first-order valence-electron chi connectivity index (χ1n) is 6.57. The lowest BCUT2D eigenvalue weighted by Gasteiger charge is -2.10. The van der Waals surface area contributed by atoms with Crippen molar-refractivity contribution in [3.05, 3.63) is 23.8 Å². The number of aryl methyl sites for hydroxylation is 2. The van der Waals surface area contributed by atoms with Crippen LogP contribution in [0.5, 0.6) is 0 Å². The highest BCUT2D eigenvalue weighted by Crippen LogP contribution is 2.27. The molecule has 0 aliphatic rings. The Morgan fingerprint density at radius 3 is 2.67 bits per heavy atom. The predicted molar refractivity (Wildman–Crippen MR) is 72.3 cm³/mol. The molecule has 1 aromatic heterocycles. The van der Waals surface area contributed by atoms with Gasteiger partial charge in [0.05, 0.1) is 0 Å². The summed E-state index contributed by atoms with van der Waals surface area (Å²) in [6, 6.07) is 5.45. The molecular weight excluding hydrogens is 283 g/mol. The van der Waals surface area contributed by atoms with E-state index < -0.39 is 12.6 Å². The summed E-state index contributed by atoms with van der Waals surface area (Å²) < 4.78 is 37.8. The molecular formula is C13H16F3N5. The van der Waals surface area contributed by atoms with Gasteiger partial charge < -0.3 is 5.73 Å². The molecule has 21 heavy (non-hydrogen) atoms. The molecule has 1 heterocycles. The Labute approximate surface area is 119 Å². The lowest BCUT2D eigenvalue weighted by molar-refractivity contribution is -0.135. The van der Waals surface area contributed by atoms with Gasteiger partial charge in [0.1, 0.15) is 0 Å². The van der Waals surface area contributed by atoms with Gasteiger partial charge in [0.15, 0.2) is 5.82 Å². The van der Waals surface area contributed by atoms with Gasteiger partial charge in [0, 0.05) is 24.2 Å². The molecule has 0 radical (unpaired) electrons. The lowest BCUT2D eigenvalue weighted by Crippen LogP contribution is -2.09. The number of hydrogen-bond donors (Lipinski definition) is 1. The zero-order chi connectivity index (χ0) is 15.5. The minimum atomic E-state index is -4.12. The number of hydrogen-bond acceptors (Lipinski definition) is 4. The van der Waals surface area contributed by atoms with Crippen LogP contribution in [-0.2, 0) is 6.54 Å². The van der Waals surface area contributed by atoms with E-state index in [4.69, 9.17) is 5.73 Å². The molecule has 1 aromatic carbocycles. The molecule has 114 valence electrons. The van der Waals surface area contributed by atoms with Gasteiger partial charge in [0.2, 0.25) is 0 Å². The van der Waals surface area contributed by atoms with Gasteiger partial charge in [-0.2, -0.15) is 13.2 Å². The summed E-state index contributed by atoms with van der Waals surface area (Å²) in [4.78, 5) is 0. The van der Waals surface area contributed by atoms with E-state index in [2.05, 4.69) is 15.5 Å². The highest BCUT2D eigenvalue weighted by Gasteiger charge is 2.26. The average molecular weight is 299 g/mol. The van der Waals surface area contributed by atoms with E-state index in [0.29, 0.717) is 24.5 Å². The molecule has 0 amide bonds. The van der Waals surface area contributed by atoms with Crippen LogP contribution in [0.4, 0.5) is 18.9 Å². The molecule has 0 saturated carbocycles. The Hall–Kier alpha value is -2.12. The van der Waals surface area contributed by atoms with Crippen LogP contribution in [0.2, 0.25) is 0 Å². The molecule has 2 aromatic rings. The summed E-state index contributed by atoms with van der Waals surface area (Å²) in [6.07, 6.45) is -4.52. The summed E-state index contributed by atoms with van der Waals surface area (Å²) in [6.45, 7) is 2.21. The average Bonchev–Trinajstić information content (AvgIpc) is 2.82. The third-order valence-corrected chi connectivity index (χ3v) is 3.14. The number of aromatic nitrogens is 4. The summed E-state index contributed by atoms with van der Waals surface area (Å²) in [5.74, 6) is 0.484. The molecule has 2 rings (SSSR count). The van der Waals surface area contributed by atoms with Gasteiger partial charge in [0.25, 0.3) is 0 Å². The second-order valence-electron chi connectivity index (χ2n) is 4.84. The quantitative estimate of drug-likeness (QED) is 0.680. The standard InChI is InChI=1S/C13H16F3N5/c1-9-5-4-6-10(17)11(9)12-18-19-20-21(12)8-3-2-7-13(14,15)16/h4-6H,2-3,7-8,17H2,1H3. The van der Waals surface area contributed by atoms with Crippen LogP contribution in [0.25, 0.3) is 11.4 Å². The Morgan fingerprint density at radius 2 is 2.00 bits per heavy atom. The van der Waals surface area contributed by atoms with Crippen LogP contribution in [0.3, 0.4) is 0 Å². The molecule has 0 fully saturated rings. The van der Waals surface area contributed by atoms with E-state index in [1.165, 1.54) is 4.68 Å². The molecule has 0 aliphatic heterocycles. The molecule has 0 aliphatic carbocycles. The second-order valence-corrected chi connectivity index (χ2v) is 4.84. The number of nitrogens with two attached hydrogens (primary N) is 1. The SMILES string of the molecule is Cc1cccc(N)c1-c1nnnn1CCCCC(F)(F)F. The molecule has 8 heteroatoms. The number of rotatable bonds is 5. The topological polar surface area (TPSA) is 69.6 Å². The van der Waals surface area contributed by atoms with E-state index in [1.54, 1.807) is 6.07 Å². The van der Waals surface area contributed by atoms with Gasteiger partial charge in [-0.15, -0.1) is 5.10 Å². The summed E-state index contributed by atoms with van der Waals surface area (Å²) in [5, 5.41) is 11.4. The molecule has 0 saturated heterocycles. The number of halogens is 3. The van der Waals surface area contributed by atoms with Gasteiger partial charge in [-0.25, -0.2) is 4.68 Å². The van der Waals surface area contributed by atoms with Crippen molar-refractivity contribution in [2.24, 2.45) is 0 Å². The molecule has 0 spiro atoms. The normalized spacial score (nSPS) is 11.8. The van der Waals surface area contributed by atoms with Crippen LogP contribution in [0.1, 0.15) is 24.8 Å². The summed E-state index contributed by atoms with van der Waals surface area (Å²) >= 11 is 0. The number of nitrogen functional groups attached to an aromatic ring is 1. The molecule has 0 unspecified atom stereocenters. The first kappa shape index (κ1) is 15.3. The van der Waals surface area contributed by atoms with E-state index >= 15 is 0 Å². The monoisotopic (exact) mass is 299 g/mol. The van der Waals surface area contributed by atoms with E-state index in [1.807, 2.05) is 19.1 Å². The van der Waals surface area contributed by atoms with Gasteiger partial charge in [-0.1, -0.05) is 12.1 Å². The highest BCUT2D eigenvalue weighted by molar-refractivity contribution is 5.74. The number of nitrogens with zero attached hydrogens (tertiary/aromatic N) is 4. The molecule has 0 atom stereocenters. The van der Waals surface area contributed by atoms with Crippen molar-refractivity contribution < 1.29 is 13.2 Å². The molecule has 0 bridgehead atoms. The fraction of sp³-hybridized carbons (Fsp3) is 0.462. The number of benzene rings is 1. The zero-order valence-corrected chi connectivity index (χ0v) is 11.6. The lowest BCUT2D eigenvalue weighted by atomic mass is 10.1. The third-order valence-electron chi connectivity index (χ3n) is 3.14. The maximum Gasteiger partial charge on any atom is 0.389 e. The van der Waals surface area contributed by atoms with Crippen molar-refractivity contribution in [3.8, 4) is 11.4 Å². The predicted octanol–water partition coefficient (Wildman–Crippen LogP) is 2.96. The fourth-order valence-electron chi connectivity index (χ4n) is 2.12. The Balaban J connectivity index is 2.09. The number of unbranched alkanes of at least 4 members (excludes halogenated alkanes) is 1. The summed E-state index contributed by atoms with van der Waals surface area (Å²) in [5.41, 5.74) is 8.12. The summed E-state index contributed by atoms with van der Waals surface area (Å²) in [7, 11) is 0. The van der Waals surface area contributed by atoms with E-state index in [0.717, 1.165) is 11.1 Å². The number of alkyl halides is 3. The highest BCUT2D eigenvalue weighted by atomic mass is 19.4. The minimum Gasteiger partial charge on any atom is -0.398 e. The van der Waals surface area contributed by atoms with Gasteiger partial charge in [-0.3, -0.25) is 0 Å².